The Labute approximate surface area is 115 Å². The second-order valence-corrected chi connectivity index (χ2v) is 5.69. The van der Waals surface area contributed by atoms with Crippen molar-refractivity contribution in [2.75, 3.05) is 0 Å². The van der Waals surface area contributed by atoms with Crippen molar-refractivity contribution >= 4 is 11.8 Å². The number of halogens is 1. The fourth-order valence-electron chi connectivity index (χ4n) is 1.79. The van der Waals surface area contributed by atoms with Crippen molar-refractivity contribution in [1.29, 1.82) is 0 Å². The number of nitrogens with zero attached hydrogens (tertiary/aromatic N) is 2. The molecule has 5 heteroatoms. The van der Waals surface area contributed by atoms with Gasteiger partial charge in [-0.05, 0) is 36.6 Å². The summed E-state index contributed by atoms with van der Waals surface area (Å²) in [6.45, 7) is 0.719. The number of hydrogen-bond acceptors (Lipinski definition) is 4. The second-order valence-electron chi connectivity index (χ2n) is 4.60. The first kappa shape index (κ1) is 12.6. The smallest absolute Gasteiger partial charge is 0.124 e. The Hall–Kier alpha value is -1.46. The highest BCUT2D eigenvalue weighted by Gasteiger charge is 2.20. The minimum Gasteiger partial charge on any atom is -0.310 e. The third-order valence-corrected chi connectivity index (χ3v) is 3.76. The predicted molar refractivity (Wildman–Crippen MR) is 72.4 cm³/mol. The van der Waals surface area contributed by atoms with E-state index in [4.69, 9.17) is 0 Å². The molecule has 1 heterocycles. The van der Waals surface area contributed by atoms with Crippen LogP contribution < -0.4 is 5.32 Å². The van der Waals surface area contributed by atoms with E-state index in [1.165, 1.54) is 30.7 Å². The van der Waals surface area contributed by atoms with Crippen LogP contribution in [0.4, 0.5) is 4.39 Å². The predicted octanol–water partition coefficient (Wildman–Crippen LogP) is 3.02. The zero-order valence-corrected chi connectivity index (χ0v) is 11.2. The van der Waals surface area contributed by atoms with Crippen molar-refractivity contribution in [2.24, 2.45) is 0 Å². The lowest BCUT2D eigenvalue weighted by Gasteiger charge is -2.06. The summed E-state index contributed by atoms with van der Waals surface area (Å²) in [5.74, 6) is -0.207. The van der Waals surface area contributed by atoms with Crippen molar-refractivity contribution in [3.05, 3.63) is 48.2 Å². The molecule has 0 bridgehead atoms. The summed E-state index contributed by atoms with van der Waals surface area (Å²) >= 11 is 1.42. The molecule has 0 radical (unpaired) electrons. The first-order chi connectivity index (χ1) is 9.29. The molecule has 1 aliphatic carbocycles. The lowest BCUT2D eigenvalue weighted by Crippen LogP contribution is -2.15. The van der Waals surface area contributed by atoms with Gasteiger partial charge in [-0.25, -0.2) is 9.37 Å². The summed E-state index contributed by atoms with van der Waals surface area (Å²) in [4.78, 5) is 9.04. The van der Waals surface area contributed by atoms with Crippen LogP contribution >= 0.6 is 11.8 Å². The monoisotopic (exact) mass is 275 g/mol. The first-order valence-corrected chi connectivity index (χ1v) is 7.08. The van der Waals surface area contributed by atoms with Crippen molar-refractivity contribution in [2.45, 2.75) is 35.3 Å². The molecule has 0 aliphatic heterocycles. The molecule has 1 aromatic heterocycles. The highest BCUT2D eigenvalue weighted by molar-refractivity contribution is 7.99. The van der Waals surface area contributed by atoms with Gasteiger partial charge in [0.2, 0.25) is 0 Å². The van der Waals surface area contributed by atoms with Gasteiger partial charge in [0.25, 0.3) is 0 Å². The highest BCUT2D eigenvalue weighted by Crippen LogP contribution is 2.27. The molecular weight excluding hydrogens is 261 g/mol. The normalized spacial score (nSPS) is 14.6. The van der Waals surface area contributed by atoms with Gasteiger partial charge in [-0.1, -0.05) is 11.8 Å². The van der Waals surface area contributed by atoms with Gasteiger partial charge in [-0.2, -0.15) is 0 Å². The van der Waals surface area contributed by atoms with Crippen LogP contribution in [-0.4, -0.2) is 16.0 Å². The molecule has 0 spiro atoms. The molecule has 1 aromatic carbocycles. The van der Waals surface area contributed by atoms with Crippen molar-refractivity contribution in [3.8, 4) is 0 Å². The van der Waals surface area contributed by atoms with Crippen LogP contribution in [0.15, 0.2) is 46.7 Å². The van der Waals surface area contributed by atoms with Crippen molar-refractivity contribution in [3.63, 3.8) is 0 Å². The van der Waals surface area contributed by atoms with E-state index in [1.54, 1.807) is 24.7 Å². The van der Waals surface area contributed by atoms with Gasteiger partial charge >= 0.3 is 0 Å². The van der Waals surface area contributed by atoms with Gasteiger partial charge in [0.15, 0.2) is 0 Å². The molecule has 2 aromatic rings. The van der Waals surface area contributed by atoms with Gasteiger partial charge in [-0.3, -0.25) is 4.98 Å². The van der Waals surface area contributed by atoms with Gasteiger partial charge in [0.1, 0.15) is 10.8 Å². The maximum atomic E-state index is 13.6. The van der Waals surface area contributed by atoms with Gasteiger partial charge < -0.3 is 5.32 Å². The van der Waals surface area contributed by atoms with Crippen molar-refractivity contribution in [1.82, 2.24) is 15.3 Å². The lowest BCUT2D eigenvalue weighted by atomic mass is 10.2. The summed E-state index contributed by atoms with van der Waals surface area (Å²) in [7, 11) is 0. The zero-order chi connectivity index (χ0) is 13.1. The summed E-state index contributed by atoms with van der Waals surface area (Å²) in [6, 6.07) is 5.73. The Bertz CT molecular complexity index is 558. The number of benzene rings is 1. The molecule has 1 saturated carbocycles. The topological polar surface area (TPSA) is 37.8 Å². The molecule has 3 rings (SSSR count). The molecular formula is C14H14FN3S. The first-order valence-electron chi connectivity index (χ1n) is 6.26. The maximum absolute atomic E-state index is 13.6. The standard InChI is InChI=1S/C14H14FN3S/c15-11-5-10(8-18-12-1-2-12)6-13(7-11)19-14-9-16-3-4-17-14/h3-7,9,12,18H,1-2,8H2. The Morgan fingerprint density at radius 3 is 2.89 bits per heavy atom. The van der Waals surface area contributed by atoms with Gasteiger partial charge in [0, 0.05) is 29.9 Å². The van der Waals surface area contributed by atoms with E-state index in [0.717, 1.165) is 22.0 Å². The largest absolute Gasteiger partial charge is 0.310 e. The quantitative estimate of drug-likeness (QED) is 0.910. The third-order valence-electron chi connectivity index (χ3n) is 2.87. The SMILES string of the molecule is Fc1cc(CNC2CC2)cc(Sc2cnccn2)c1. The van der Waals surface area contributed by atoms with E-state index in [9.17, 15) is 4.39 Å². The maximum Gasteiger partial charge on any atom is 0.124 e. The van der Waals surface area contributed by atoms with Gasteiger partial charge in [0.05, 0.1) is 6.20 Å². The molecule has 3 nitrogen and oxygen atoms in total. The molecule has 1 N–H and O–H groups in total. The molecule has 0 atom stereocenters. The average molecular weight is 275 g/mol. The van der Waals surface area contributed by atoms with Crippen LogP contribution in [0.3, 0.4) is 0 Å². The van der Waals surface area contributed by atoms with Crippen LogP contribution in [-0.2, 0) is 6.54 Å². The summed E-state index contributed by atoms with van der Waals surface area (Å²) in [5, 5.41) is 4.16. The number of rotatable bonds is 5. The fraction of sp³-hybridized carbons (Fsp3) is 0.286. The van der Waals surface area contributed by atoms with E-state index in [1.807, 2.05) is 6.07 Å². The molecule has 0 saturated heterocycles. The Morgan fingerprint density at radius 2 is 2.16 bits per heavy atom. The molecule has 1 aliphatic rings. The average Bonchev–Trinajstić information content (AvgIpc) is 3.21. The summed E-state index contributed by atoms with van der Waals surface area (Å²) < 4.78 is 13.6. The number of nitrogens with one attached hydrogen (secondary N) is 1. The van der Waals surface area contributed by atoms with Crippen LogP contribution in [0.5, 0.6) is 0 Å². The second kappa shape index (κ2) is 5.67. The molecule has 0 amide bonds. The summed E-state index contributed by atoms with van der Waals surface area (Å²) in [5.41, 5.74) is 0.971. The van der Waals surface area contributed by atoms with E-state index in [-0.39, 0.29) is 5.82 Å². The number of aromatic nitrogens is 2. The molecule has 98 valence electrons. The lowest BCUT2D eigenvalue weighted by molar-refractivity contribution is 0.615. The van der Waals surface area contributed by atoms with Crippen LogP contribution in [0.25, 0.3) is 0 Å². The minimum atomic E-state index is -0.207. The van der Waals surface area contributed by atoms with E-state index in [0.29, 0.717) is 6.04 Å². The van der Waals surface area contributed by atoms with E-state index in [2.05, 4.69) is 15.3 Å². The summed E-state index contributed by atoms with van der Waals surface area (Å²) in [6.07, 6.45) is 7.41. The van der Waals surface area contributed by atoms with Gasteiger partial charge in [-0.15, -0.1) is 0 Å². The van der Waals surface area contributed by atoms with E-state index < -0.39 is 0 Å². The third kappa shape index (κ3) is 3.75. The fourth-order valence-corrected chi connectivity index (χ4v) is 2.64. The van der Waals surface area contributed by atoms with Crippen LogP contribution in [0, 0.1) is 5.82 Å². The highest BCUT2D eigenvalue weighted by atomic mass is 32.2. The zero-order valence-electron chi connectivity index (χ0n) is 10.3. The van der Waals surface area contributed by atoms with Crippen molar-refractivity contribution < 1.29 is 4.39 Å². The van der Waals surface area contributed by atoms with Crippen LogP contribution in [0.2, 0.25) is 0 Å². The molecule has 0 unspecified atom stereocenters. The van der Waals surface area contributed by atoms with E-state index >= 15 is 0 Å². The minimum absolute atomic E-state index is 0.207. The Kier molecular flexibility index (Phi) is 3.75. The molecule has 19 heavy (non-hydrogen) atoms. The van der Waals surface area contributed by atoms with Crippen LogP contribution in [0.1, 0.15) is 18.4 Å². The Balaban J connectivity index is 1.72. The molecule has 1 fully saturated rings. The number of hydrogen-bond donors (Lipinski definition) is 1. The Morgan fingerprint density at radius 1 is 1.26 bits per heavy atom.